The van der Waals surface area contributed by atoms with Crippen molar-refractivity contribution in [2.75, 3.05) is 0 Å². The van der Waals surface area contributed by atoms with Crippen molar-refractivity contribution in [2.45, 2.75) is 13.5 Å². The second-order valence-electron chi connectivity index (χ2n) is 2.44. The second kappa shape index (κ2) is 1.87. The molecule has 0 radical (unpaired) electrons. The molecule has 2 rings (SSSR count). The van der Waals surface area contributed by atoms with Crippen molar-refractivity contribution in [3.8, 4) is 0 Å². The number of nitrogens with one attached hydrogen (secondary N) is 2. The highest BCUT2D eigenvalue weighted by atomic mass is 15.0. The predicted octanol–water partition coefficient (Wildman–Crippen LogP) is 1.09. The molecule has 0 saturated heterocycles. The minimum atomic E-state index is 0.868. The van der Waals surface area contributed by atoms with Gasteiger partial charge in [0.15, 0.2) is 0 Å². The third kappa shape index (κ3) is 0.635. The number of H-pyrrole nitrogens is 1. The van der Waals surface area contributed by atoms with Gasteiger partial charge in [-0.2, -0.15) is 0 Å². The highest BCUT2D eigenvalue weighted by molar-refractivity contribution is 5.67. The van der Waals surface area contributed by atoms with Gasteiger partial charge in [-0.25, -0.2) is 4.99 Å². The van der Waals surface area contributed by atoms with Gasteiger partial charge >= 0.3 is 0 Å². The second-order valence-corrected chi connectivity index (χ2v) is 2.44. The standard InChI is InChI=1S/C7H9N3/c1-5-2-9-6-3-8-4-10-7(5)6/h2,4,9H,3H2,1H3,(H,8,10). The zero-order valence-electron chi connectivity index (χ0n) is 5.81. The smallest absolute Gasteiger partial charge is 0.0901 e. The minimum Gasteiger partial charge on any atom is -0.370 e. The average Bonchev–Trinajstić information content (AvgIpc) is 2.34. The zero-order valence-corrected chi connectivity index (χ0v) is 5.81. The van der Waals surface area contributed by atoms with Crippen LogP contribution < -0.4 is 5.32 Å². The van der Waals surface area contributed by atoms with Crippen LogP contribution in [0.5, 0.6) is 0 Å². The highest BCUT2D eigenvalue weighted by Gasteiger charge is 2.07. The molecule has 2 N–H and O–H groups in total. The van der Waals surface area contributed by atoms with E-state index in [1.165, 1.54) is 11.3 Å². The van der Waals surface area contributed by atoms with E-state index in [2.05, 4.69) is 22.2 Å². The van der Waals surface area contributed by atoms with Crippen LogP contribution in [0, 0.1) is 6.92 Å². The Morgan fingerprint density at radius 2 is 2.50 bits per heavy atom. The lowest BCUT2D eigenvalue weighted by Crippen LogP contribution is -2.13. The van der Waals surface area contributed by atoms with E-state index in [1.807, 2.05) is 6.20 Å². The molecule has 0 unspecified atom stereocenters. The molecular weight excluding hydrogens is 126 g/mol. The number of aromatic amines is 1. The molecule has 1 aromatic heterocycles. The molecule has 3 heteroatoms. The van der Waals surface area contributed by atoms with Crippen molar-refractivity contribution in [2.24, 2.45) is 4.99 Å². The van der Waals surface area contributed by atoms with Gasteiger partial charge in [0.25, 0.3) is 0 Å². The summed E-state index contributed by atoms with van der Waals surface area (Å²) in [6, 6.07) is 0. The summed E-state index contributed by atoms with van der Waals surface area (Å²) in [6.45, 7) is 2.92. The van der Waals surface area contributed by atoms with Gasteiger partial charge in [0.1, 0.15) is 0 Å². The van der Waals surface area contributed by atoms with Gasteiger partial charge in [-0.15, -0.1) is 0 Å². The summed E-state index contributed by atoms with van der Waals surface area (Å²) < 4.78 is 0. The van der Waals surface area contributed by atoms with Gasteiger partial charge < -0.3 is 10.3 Å². The maximum absolute atomic E-state index is 4.19. The lowest BCUT2D eigenvalue weighted by molar-refractivity contribution is 0.882. The predicted molar refractivity (Wildman–Crippen MR) is 40.5 cm³/mol. The summed E-state index contributed by atoms with van der Waals surface area (Å²) in [6.07, 6.45) is 3.72. The Balaban J connectivity index is 2.57. The molecule has 1 aliphatic heterocycles. The van der Waals surface area contributed by atoms with E-state index in [1.54, 1.807) is 6.34 Å². The van der Waals surface area contributed by atoms with Crippen LogP contribution in [0.25, 0.3) is 0 Å². The van der Waals surface area contributed by atoms with Crippen molar-refractivity contribution in [1.82, 2.24) is 10.3 Å². The van der Waals surface area contributed by atoms with Gasteiger partial charge in [-0.1, -0.05) is 0 Å². The van der Waals surface area contributed by atoms with Gasteiger partial charge in [0.2, 0.25) is 0 Å². The molecule has 3 nitrogen and oxygen atoms in total. The Morgan fingerprint density at radius 1 is 1.60 bits per heavy atom. The SMILES string of the molecule is Cc1c[nH]c2c1N=CNC2. The Hall–Kier alpha value is -1.25. The molecule has 1 aliphatic rings. The maximum atomic E-state index is 4.19. The first-order valence-corrected chi connectivity index (χ1v) is 3.30. The van der Waals surface area contributed by atoms with Crippen molar-refractivity contribution >= 4 is 12.0 Å². The molecule has 0 saturated carbocycles. The van der Waals surface area contributed by atoms with Crippen molar-refractivity contribution in [1.29, 1.82) is 0 Å². The third-order valence-electron chi connectivity index (χ3n) is 1.69. The van der Waals surface area contributed by atoms with Gasteiger partial charge in [-0.3, -0.25) is 0 Å². The Morgan fingerprint density at radius 3 is 3.30 bits per heavy atom. The highest BCUT2D eigenvalue weighted by Crippen LogP contribution is 2.23. The molecule has 0 aliphatic carbocycles. The summed E-state index contributed by atoms with van der Waals surface area (Å²) in [5.41, 5.74) is 3.49. The Bertz CT molecular complexity index is 272. The summed E-state index contributed by atoms with van der Waals surface area (Å²) in [5.74, 6) is 0. The number of hydrogen-bond donors (Lipinski definition) is 2. The van der Waals surface area contributed by atoms with Crippen LogP contribution in [0.15, 0.2) is 11.2 Å². The monoisotopic (exact) mass is 135 g/mol. The van der Waals surface area contributed by atoms with Crippen LogP contribution in [0.1, 0.15) is 11.3 Å². The molecule has 0 fully saturated rings. The fourth-order valence-electron chi connectivity index (χ4n) is 1.14. The number of nitrogens with zero attached hydrogens (tertiary/aromatic N) is 1. The van der Waals surface area contributed by atoms with Crippen molar-refractivity contribution < 1.29 is 0 Å². The first kappa shape index (κ1) is 5.53. The lowest BCUT2D eigenvalue weighted by Gasteiger charge is -2.05. The molecule has 1 aromatic rings. The lowest BCUT2D eigenvalue weighted by atomic mass is 10.2. The molecule has 0 spiro atoms. The van der Waals surface area contributed by atoms with E-state index in [9.17, 15) is 0 Å². The minimum absolute atomic E-state index is 0.868. The van der Waals surface area contributed by atoms with E-state index in [0.717, 1.165) is 12.2 Å². The normalized spacial score (nSPS) is 14.5. The first-order valence-electron chi connectivity index (χ1n) is 3.30. The molecular formula is C7H9N3. The maximum Gasteiger partial charge on any atom is 0.0901 e. The number of aliphatic imine (C=N–C) groups is 1. The number of aromatic nitrogens is 1. The van der Waals surface area contributed by atoms with E-state index in [4.69, 9.17) is 0 Å². The van der Waals surface area contributed by atoms with E-state index in [0.29, 0.717) is 0 Å². The first-order chi connectivity index (χ1) is 4.88. The molecule has 2 heterocycles. The number of hydrogen-bond acceptors (Lipinski definition) is 2. The van der Waals surface area contributed by atoms with Crippen LogP contribution in [-0.2, 0) is 6.54 Å². The summed E-state index contributed by atoms with van der Waals surface area (Å²) >= 11 is 0. The fraction of sp³-hybridized carbons (Fsp3) is 0.286. The Kier molecular flexibility index (Phi) is 1.03. The van der Waals surface area contributed by atoms with E-state index >= 15 is 0 Å². The number of aryl methyl sites for hydroxylation is 1. The largest absolute Gasteiger partial charge is 0.370 e. The average molecular weight is 135 g/mol. The molecule has 0 bridgehead atoms. The third-order valence-corrected chi connectivity index (χ3v) is 1.69. The van der Waals surface area contributed by atoms with Crippen molar-refractivity contribution in [3.63, 3.8) is 0 Å². The quantitative estimate of drug-likeness (QED) is 0.549. The molecule has 0 atom stereocenters. The van der Waals surface area contributed by atoms with Crippen molar-refractivity contribution in [3.05, 3.63) is 17.5 Å². The van der Waals surface area contributed by atoms with Crippen LogP contribution in [-0.4, -0.2) is 11.3 Å². The molecule has 0 aromatic carbocycles. The number of rotatable bonds is 0. The Labute approximate surface area is 59.2 Å². The molecule has 0 amide bonds. The summed E-state index contributed by atoms with van der Waals surface area (Å²) in [4.78, 5) is 7.33. The topological polar surface area (TPSA) is 40.2 Å². The van der Waals surface area contributed by atoms with Crippen LogP contribution in [0.4, 0.5) is 5.69 Å². The molecule has 10 heavy (non-hydrogen) atoms. The fourth-order valence-corrected chi connectivity index (χ4v) is 1.14. The summed E-state index contributed by atoms with van der Waals surface area (Å²) in [7, 11) is 0. The molecule has 52 valence electrons. The van der Waals surface area contributed by atoms with Gasteiger partial charge in [-0.05, 0) is 12.5 Å². The summed E-state index contributed by atoms with van der Waals surface area (Å²) in [5, 5.41) is 3.03. The van der Waals surface area contributed by atoms with Gasteiger partial charge in [0.05, 0.1) is 24.3 Å². The van der Waals surface area contributed by atoms with Crippen LogP contribution >= 0.6 is 0 Å². The van der Waals surface area contributed by atoms with E-state index in [-0.39, 0.29) is 0 Å². The zero-order chi connectivity index (χ0) is 6.97. The number of fused-ring (bicyclic) bond motifs is 1. The van der Waals surface area contributed by atoms with Crippen LogP contribution in [0.3, 0.4) is 0 Å². The van der Waals surface area contributed by atoms with Gasteiger partial charge in [0, 0.05) is 6.20 Å². The van der Waals surface area contributed by atoms with Crippen LogP contribution in [0.2, 0.25) is 0 Å². The van der Waals surface area contributed by atoms with E-state index < -0.39 is 0 Å².